The van der Waals surface area contributed by atoms with E-state index in [1.165, 1.54) is 0 Å². The number of aromatic nitrogens is 1. The molecule has 6 nitrogen and oxygen atoms in total. The van der Waals surface area contributed by atoms with Gasteiger partial charge < -0.3 is 10.1 Å². The summed E-state index contributed by atoms with van der Waals surface area (Å²) >= 11 is 2.31. The number of hydrogen-bond donors (Lipinski definition) is 2. The SMILES string of the molecule is CC(C)(C)OC(=O)NCCc1ccc(C=NNc2ccc(-c3cccnc3)cc2)cc1I. The maximum Gasteiger partial charge on any atom is 0.407 e. The van der Waals surface area contributed by atoms with Crippen molar-refractivity contribution >= 4 is 40.6 Å². The first-order chi connectivity index (χ1) is 15.3. The first-order valence-electron chi connectivity index (χ1n) is 10.3. The van der Waals surface area contributed by atoms with Crippen LogP contribution < -0.4 is 10.7 Å². The molecule has 1 heterocycles. The molecule has 0 spiro atoms. The summed E-state index contributed by atoms with van der Waals surface area (Å²) in [6.07, 6.45) is 5.74. The van der Waals surface area contributed by atoms with Crippen LogP contribution in [-0.4, -0.2) is 29.4 Å². The second kappa shape index (κ2) is 11.1. The molecule has 0 atom stereocenters. The molecule has 2 aromatic carbocycles. The largest absolute Gasteiger partial charge is 0.444 e. The predicted octanol–water partition coefficient (Wildman–Crippen LogP) is 5.87. The number of benzene rings is 2. The summed E-state index contributed by atoms with van der Waals surface area (Å²) in [7, 11) is 0. The smallest absolute Gasteiger partial charge is 0.407 e. The van der Waals surface area contributed by atoms with Crippen LogP contribution in [0.25, 0.3) is 11.1 Å². The summed E-state index contributed by atoms with van der Waals surface area (Å²) < 4.78 is 6.38. The van der Waals surface area contributed by atoms with Crippen LogP contribution in [0.4, 0.5) is 10.5 Å². The number of nitrogens with one attached hydrogen (secondary N) is 2. The molecule has 0 radical (unpaired) electrons. The lowest BCUT2D eigenvalue weighted by Gasteiger charge is -2.19. The molecule has 3 rings (SSSR count). The fourth-order valence-electron chi connectivity index (χ4n) is 2.91. The highest BCUT2D eigenvalue weighted by Gasteiger charge is 2.15. The number of alkyl carbamates (subject to hydrolysis) is 1. The van der Waals surface area contributed by atoms with Crippen LogP contribution in [0.1, 0.15) is 31.9 Å². The third-order valence-corrected chi connectivity index (χ3v) is 5.43. The molecule has 0 bridgehead atoms. The number of nitrogens with zero attached hydrogens (tertiary/aromatic N) is 2. The summed E-state index contributed by atoms with van der Waals surface area (Å²) in [5.41, 5.74) is 7.84. The zero-order chi connectivity index (χ0) is 23.0. The Hall–Kier alpha value is -2.94. The monoisotopic (exact) mass is 542 g/mol. The number of pyridine rings is 1. The molecular weight excluding hydrogens is 515 g/mol. The van der Waals surface area contributed by atoms with E-state index in [1.807, 2.05) is 69.4 Å². The van der Waals surface area contributed by atoms with Crippen LogP contribution in [-0.2, 0) is 11.2 Å². The van der Waals surface area contributed by atoms with Crippen molar-refractivity contribution in [3.8, 4) is 11.1 Å². The topological polar surface area (TPSA) is 75.6 Å². The molecule has 166 valence electrons. The number of hydrogen-bond acceptors (Lipinski definition) is 5. The molecule has 0 unspecified atom stereocenters. The van der Waals surface area contributed by atoms with Crippen LogP contribution in [0.15, 0.2) is 72.1 Å². The van der Waals surface area contributed by atoms with Gasteiger partial charge in [0.2, 0.25) is 0 Å². The molecule has 0 aliphatic heterocycles. The first-order valence-corrected chi connectivity index (χ1v) is 11.4. The summed E-state index contributed by atoms with van der Waals surface area (Å²) in [4.78, 5) is 15.9. The molecule has 0 saturated carbocycles. The molecule has 0 aliphatic carbocycles. The number of rotatable bonds is 7. The minimum absolute atomic E-state index is 0.393. The fraction of sp³-hybridized carbons (Fsp3) is 0.240. The molecule has 1 aromatic heterocycles. The lowest BCUT2D eigenvalue weighted by molar-refractivity contribution is 0.0528. The van der Waals surface area contributed by atoms with Crippen LogP contribution in [0, 0.1) is 3.57 Å². The molecule has 0 fully saturated rings. The Bertz CT molecular complexity index is 1060. The molecule has 3 aromatic rings. The van der Waals surface area contributed by atoms with Crippen LogP contribution in [0.2, 0.25) is 0 Å². The lowest BCUT2D eigenvalue weighted by atomic mass is 10.1. The minimum Gasteiger partial charge on any atom is -0.444 e. The van der Waals surface area contributed by atoms with Gasteiger partial charge in [-0.2, -0.15) is 5.10 Å². The number of hydrazone groups is 1. The van der Waals surface area contributed by atoms with Crippen molar-refractivity contribution in [3.63, 3.8) is 0 Å². The van der Waals surface area contributed by atoms with E-state index in [0.717, 1.165) is 37.9 Å². The van der Waals surface area contributed by atoms with Gasteiger partial charge in [-0.05, 0) is 96.3 Å². The molecule has 0 aliphatic rings. The molecule has 32 heavy (non-hydrogen) atoms. The van der Waals surface area contributed by atoms with E-state index in [4.69, 9.17) is 4.74 Å². The maximum atomic E-state index is 11.8. The number of ether oxygens (including phenoxy) is 1. The third kappa shape index (κ3) is 7.64. The number of halogens is 1. The Morgan fingerprint density at radius 3 is 2.56 bits per heavy atom. The van der Waals surface area contributed by atoms with Crippen molar-refractivity contribution in [2.45, 2.75) is 32.8 Å². The Labute approximate surface area is 202 Å². The first kappa shape index (κ1) is 23.7. The van der Waals surface area contributed by atoms with Crippen LogP contribution >= 0.6 is 22.6 Å². The zero-order valence-electron chi connectivity index (χ0n) is 18.4. The second-order valence-electron chi connectivity index (χ2n) is 8.22. The van der Waals surface area contributed by atoms with Gasteiger partial charge in [-0.15, -0.1) is 0 Å². The number of carbonyl (C=O) groups excluding carboxylic acids is 1. The zero-order valence-corrected chi connectivity index (χ0v) is 20.6. The molecule has 1 amide bonds. The minimum atomic E-state index is -0.491. The van der Waals surface area contributed by atoms with E-state index in [9.17, 15) is 4.79 Å². The van der Waals surface area contributed by atoms with Gasteiger partial charge in [-0.1, -0.05) is 30.3 Å². The van der Waals surface area contributed by atoms with E-state index < -0.39 is 11.7 Å². The molecular formula is C25H27IN4O2. The van der Waals surface area contributed by atoms with Crippen molar-refractivity contribution in [2.75, 3.05) is 12.0 Å². The Balaban J connectivity index is 1.50. The summed E-state index contributed by atoms with van der Waals surface area (Å²) in [6, 6.07) is 18.2. The standard InChI is InChI=1S/C25H27IN4O2/c1-25(2,3)32-24(31)28-14-12-20-7-6-18(15-23(20)26)16-29-30-22-10-8-19(9-11-22)21-5-4-13-27-17-21/h4-11,13,15-17,30H,12,14H2,1-3H3,(H,28,31). The van der Waals surface area contributed by atoms with Gasteiger partial charge in [0.1, 0.15) is 5.60 Å². The predicted molar refractivity (Wildman–Crippen MR) is 138 cm³/mol. The summed E-state index contributed by atoms with van der Waals surface area (Å²) in [6.45, 7) is 6.07. The van der Waals surface area contributed by atoms with Crippen molar-refractivity contribution in [3.05, 3.63) is 81.7 Å². The van der Waals surface area contributed by atoms with E-state index in [1.54, 1.807) is 12.4 Å². The average Bonchev–Trinajstić information content (AvgIpc) is 2.75. The van der Waals surface area contributed by atoms with Gasteiger partial charge in [0.15, 0.2) is 0 Å². The van der Waals surface area contributed by atoms with Crippen LogP contribution in [0.3, 0.4) is 0 Å². The van der Waals surface area contributed by atoms with Crippen molar-refractivity contribution < 1.29 is 9.53 Å². The maximum absolute atomic E-state index is 11.8. The number of amides is 1. The summed E-state index contributed by atoms with van der Waals surface area (Å²) in [5.74, 6) is 0. The van der Waals surface area contributed by atoms with E-state index in [-0.39, 0.29) is 0 Å². The van der Waals surface area contributed by atoms with Crippen molar-refractivity contribution in [1.29, 1.82) is 0 Å². The molecule has 7 heteroatoms. The summed E-state index contributed by atoms with van der Waals surface area (Å²) in [5, 5.41) is 7.13. The normalized spacial score (nSPS) is 11.4. The van der Waals surface area contributed by atoms with Gasteiger partial charge in [0.05, 0.1) is 11.9 Å². The van der Waals surface area contributed by atoms with Crippen molar-refractivity contribution in [2.24, 2.45) is 5.10 Å². The number of carbonyl (C=O) groups is 1. The van der Waals surface area contributed by atoms with Gasteiger partial charge in [-0.3, -0.25) is 10.4 Å². The highest BCUT2D eigenvalue weighted by molar-refractivity contribution is 14.1. The van der Waals surface area contributed by atoms with E-state index in [0.29, 0.717) is 6.54 Å². The third-order valence-electron chi connectivity index (χ3n) is 4.43. The quantitative estimate of drug-likeness (QED) is 0.223. The van der Waals surface area contributed by atoms with Crippen LogP contribution in [0.5, 0.6) is 0 Å². The lowest BCUT2D eigenvalue weighted by Crippen LogP contribution is -2.33. The van der Waals surface area contributed by atoms with Gasteiger partial charge in [-0.25, -0.2) is 4.79 Å². The highest BCUT2D eigenvalue weighted by Crippen LogP contribution is 2.20. The fourth-order valence-corrected chi connectivity index (χ4v) is 3.72. The number of anilines is 1. The van der Waals surface area contributed by atoms with E-state index >= 15 is 0 Å². The Morgan fingerprint density at radius 1 is 1.12 bits per heavy atom. The average molecular weight is 542 g/mol. The highest BCUT2D eigenvalue weighted by atomic mass is 127. The van der Waals surface area contributed by atoms with Gasteiger partial charge in [0.25, 0.3) is 0 Å². The molecule has 2 N–H and O–H groups in total. The van der Waals surface area contributed by atoms with Gasteiger partial charge in [0, 0.05) is 22.5 Å². The Kier molecular flexibility index (Phi) is 8.21. The second-order valence-corrected chi connectivity index (χ2v) is 9.38. The van der Waals surface area contributed by atoms with Gasteiger partial charge >= 0.3 is 6.09 Å². The Morgan fingerprint density at radius 2 is 1.91 bits per heavy atom. The molecule has 0 saturated heterocycles. The van der Waals surface area contributed by atoms with E-state index in [2.05, 4.69) is 55.6 Å². The van der Waals surface area contributed by atoms with Crippen molar-refractivity contribution in [1.82, 2.24) is 10.3 Å².